The second-order valence-corrected chi connectivity index (χ2v) is 4.73. The van der Waals surface area contributed by atoms with Crippen LogP contribution in [0, 0.1) is 0 Å². The maximum absolute atomic E-state index is 5.83. The number of rotatable bonds is 6. The molecule has 1 atom stereocenters. The third-order valence-electron chi connectivity index (χ3n) is 2.54. The van der Waals surface area contributed by atoms with Crippen molar-refractivity contribution >= 4 is 17.6 Å². The van der Waals surface area contributed by atoms with E-state index in [1.165, 1.54) is 5.56 Å². The summed E-state index contributed by atoms with van der Waals surface area (Å²) in [6, 6.07) is 10.8. The zero-order valence-electron chi connectivity index (χ0n) is 10.3. The molecule has 0 aliphatic heterocycles. The molecule has 0 saturated heterocycles. The van der Waals surface area contributed by atoms with Crippen LogP contribution in [-0.2, 0) is 6.42 Å². The SMILES string of the molecule is CC(Cl)c1nnc(NCCCc2ccccc2)o1. The third-order valence-corrected chi connectivity index (χ3v) is 2.73. The van der Waals surface area contributed by atoms with Crippen LogP contribution in [0.25, 0.3) is 0 Å². The van der Waals surface area contributed by atoms with Crippen LogP contribution in [0.1, 0.15) is 30.2 Å². The molecule has 0 aliphatic rings. The topological polar surface area (TPSA) is 51.0 Å². The fourth-order valence-electron chi connectivity index (χ4n) is 1.60. The molecule has 0 radical (unpaired) electrons. The van der Waals surface area contributed by atoms with E-state index in [4.69, 9.17) is 16.0 Å². The van der Waals surface area contributed by atoms with Gasteiger partial charge in [0.15, 0.2) is 0 Å². The van der Waals surface area contributed by atoms with Gasteiger partial charge in [0.05, 0.1) is 0 Å². The third kappa shape index (κ3) is 3.74. The summed E-state index contributed by atoms with van der Waals surface area (Å²) in [5.41, 5.74) is 1.33. The van der Waals surface area contributed by atoms with Crippen molar-refractivity contribution in [3.8, 4) is 0 Å². The highest BCUT2D eigenvalue weighted by atomic mass is 35.5. The number of aryl methyl sites for hydroxylation is 1. The first-order chi connectivity index (χ1) is 8.75. The molecule has 0 amide bonds. The monoisotopic (exact) mass is 265 g/mol. The number of anilines is 1. The second kappa shape index (κ2) is 6.40. The fourth-order valence-corrected chi connectivity index (χ4v) is 1.69. The van der Waals surface area contributed by atoms with Gasteiger partial charge in [0.1, 0.15) is 5.38 Å². The Morgan fingerprint density at radius 1 is 1.28 bits per heavy atom. The Kier molecular flexibility index (Phi) is 4.59. The van der Waals surface area contributed by atoms with Crippen LogP contribution in [-0.4, -0.2) is 16.7 Å². The minimum absolute atomic E-state index is 0.252. The van der Waals surface area contributed by atoms with Gasteiger partial charge in [-0.15, -0.1) is 16.7 Å². The van der Waals surface area contributed by atoms with E-state index in [-0.39, 0.29) is 5.38 Å². The highest BCUT2D eigenvalue weighted by molar-refractivity contribution is 6.20. The van der Waals surface area contributed by atoms with Crippen LogP contribution in [0.5, 0.6) is 0 Å². The Morgan fingerprint density at radius 2 is 2.06 bits per heavy atom. The smallest absolute Gasteiger partial charge is 0.315 e. The zero-order valence-corrected chi connectivity index (χ0v) is 11.0. The molecule has 1 N–H and O–H groups in total. The predicted octanol–water partition coefficient (Wildman–Crippen LogP) is 3.41. The molecule has 96 valence electrons. The van der Waals surface area contributed by atoms with Crippen molar-refractivity contribution in [3.05, 3.63) is 41.8 Å². The van der Waals surface area contributed by atoms with E-state index in [9.17, 15) is 0 Å². The molecule has 1 unspecified atom stereocenters. The molecule has 18 heavy (non-hydrogen) atoms. The van der Waals surface area contributed by atoms with Crippen LogP contribution in [0.3, 0.4) is 0 Å². The molecule has 0 spiro atoms. The van der Waals surface area contributed by atoms with E-state index in [1.54, 1.807) is 6.92 Å². The summed E-state index contributed by atoms with van der Waals surface area (Å²) in [7, 11) is 0. The van der Waals surface area contributed by atoms with Gasteiger partial charge in [-0.3, -0.25) is 0 Å². The average molecular weight is 266 g/mol. The van der Waals surface area contributed by atoms with E-state index >= 15 is 0 Å². The molecule has 2 rings (SSSR count). The van der Waals surface area contributed by atoms with Crippen LogP contribution >= 0.6 is 11.6 Å². The highest BCUT2D eigenvalue weighted by Crippen LogP contribution is 2.19. The molecule has 1 aromatic heterocycles. The predicted molar refractivity (Wildman–Crippen MR) is 71.8 cm³/mol. The lowest BCUT2D eigenvalue weighted by Crippen LogP contribution is -2.03. The van der Waals surface area contributed by atoms with Gasteiger partial charge in [0.25, 0.3) is 0 Å². The van der Waals surface area contributed by atoms with Gasteiger partial charge in [-0.2, -0.15) is 0 Å². The van der Waals surface area contributed by atoms with E-state index in [0.29, 0.717) is 11.9 Å². The van der Waals surface area contributed by atoms with Crippen LogP contribution < -0.4 is 5.32 Å². The Bertz CT molecular complexity index is 470. The molecule has 0 aliphatic carbocycles. The maximum Gasteiger partial charge on any atom is 0.315 e. The first-order valence-corrected chi connectivity index (χ1v) is 6.44. The molecule has 1 heterocycles. The molecule has 0 saturated carbocycles. The number of hydrogen-bond acceptors (Lipinski definition) is 4. The highest BCUT2D eigenvalue weighted by Gasteiger charge is 2.10. The molecule has 2 aromatic rings. The number of hydrogen-bond donors (Lipinski definition) is 1. The van der Waals surface area contributed by atoms with Crippen molar-refractivity contribution in [1.82, 2.24) is 10.2 Å². The molecule has 1 aromatic carbocycles. The molecule has 0 fully saturated rings. The molecule has 4 nitrogen and oxygen atoms in total. The number of nitrogens with one attached hydrogen (secondary N) is 1. The summed E-state index contributed by atoms with van der Waals surface area (Å²) in [4.78, 5) is 0. The molecule has 5 heteroatoms. The van der Waals surface area contributed by atoms with Gasteiger partial charge in [0.2, 0.25) is 5.89 Å². The van der Waals surface area contributed by atoms with Crippen molar-refractivity contribution < 1.29 is 4.42 Å². The number of halogens is 1. The quantitative estimate of drug-likeness (QED) is 0.642. The van der Waals surface area contributed by atoms with E-state index in [0.717, 1.165) is 19.4 Å². The number of aromatic nitrogens is 2. The lowest BCUT2D eigenvalue weighted by molar-refractivity contribution is 0.505. The van der Waals surface area contributed by atoms with Gasteiger partial charge in [-0.05, 0) is 25.3 Å². The van der Waals surface area contributed by atoms with E-state index in [1.807, 2.05) is 6.07 Å². The first kappa shape index (κ1) is 12.9. The zero-order chi connectivity index (χ0) is 12.8. The average Bonchev–Trinajstić information content (AvgIpc) is 2.85. The molecular weight excluding hydrogens is 250 g/mol. The first-order valence-electron chi connectivity index (χ1n) is 6.01. The molecule has 0 bridgehead atoms. The summed E-state index contributed by atoms with van der Waals surface area (Å²) in [6.07, 6.45) is 2.04. The second-order valence-electron chi connectivity index (χ2n) is 4.08. The summed E-state index contributed by atoms with van der Waals surface area (Å²) in [6.45, 7) is 2.60. The number of nitrogens with zero attached hydrogens (tertiary/aromatic N) is 2. The number of alkyl halides is 1. The normalized spacial score (nSPS) is 12.3. The van der Waals surface area contributed by atoms with Gasteiger partial charge in [-0.1, -0.05) is 35.4 Å². The number of benzene rings is 1. The van der Waals surface area contributed by atoms with Crippen molar-refractivity contribution in [2.75, 3.05) is 11.9 Å². The van der Waals surface area contributed by atoms with Gasteiger partial charge < -0.3 is 9.73 Å². The Labute approximate surface area is 111 Å². The van der Waals surface area contributed by atoms with Crippen LogP contribution in [0.4, 0.5) is 6.01 Å². The summed E-state index contributed by atoms with van der Waals surface area (Å²) < 4.78 is 5.33. The minimum atomic E-state index is -0.252. The van der Waals surface area contributed by atoms with Crippen molar-refractivity contribution in [2.24, 2.45) is 0 Å². The standard InChI is InChI=1S/C13H16ClN3O/c1-10(14)12-16-17-13(18-12)15-9-5-8-11-6-3-2-4-7-11/h2-4,6-7,10H,5,8-9H2,1H3,(H,15,17). The van der Waals surface area contributed by atoms with Gasteiger partial charge >= 0.3 is 6.01 Å². The van der Waals surface area contributed by atoms with Crippen molar-refractivity contribution in [1.29, 1.82) is 0 Å². The van der Waals surface area contributed by atoms with Crippen molar-refractivity contribution in [2.45, 2.75) is 25.1 Å². The Balaban J connectivity index is 1.72. The lowest BCUT2D eigenvalue weighted by atomic mass is 10.1. The summed E-state index contributed by atoms with van der Waals surface area (Å²) in [5, 5.41) is 10.6. The fraction of sp³-hybridized carbons (Fsp3) is 0.385. The van der Waals surface area contributed by atoms with Gasteiger partial charge in [0, 0.05) is 6.54 Å². The van der Waals surface area contributed by atoms with E-state index < -0.39 is 0 Å². The lowest BCUT2D eigenvalue weighted by Gasteiger charge is -2.02. The van der Waals surface area contributed by atoms with Crippen molar-refractivity contribution in [3.63, 3.8) is 0 Å². The Hall–Kier alpha value is -1.55. The maximum atomic E-state index is 5.83. The molecular formula is C13H16ClN3O. The van der Waals surface area contributed by atoms with Crippen LogP contribution in [0.15, 0.2) is 34.7 Å². The van der Waals surface area contributed by atoms with E-state index in [2.05, 4.69) is 39.8 Å². The Morgan fingerprint density at radius 3 is 2.72 bits per heavy atom. The summed E-state index contributed by atoms with van der Waals surface area (Å²) in [5.74, 6) is 0.447. The largest absolute Gasteiger partial charge is 0.407 e. The minimum Gasteiger partial charge on any atom is -0.407 e. The van der Waals surface area contributed by atoms with Crippen LogP contribution in [0.2, 0.25) is 0 Å². The van der Waals surface area contributed by atoms with Gasteiger partial charge in [-0.25, -0.2) is 0 Å². The summed E-state index contributed by atoms with van der Waals surface area (Å²) >= 11 is 5.83.